The van der Waals surface area contributed by atoms with Crippen LogP contribution in [-0.4, -0.2) is 32.8 Å². The first kappa shape index (κ1) is 14.5. The minimum Gasteiger partial charge on any atom is -0.315 e. The van der Waals surface area contributed by atoms with Gasteiger partial charge < -0.3 is 5.32 Å². The van der Waals surface area contributed by atoms with E-state index in [1.165, 1.54) is 5.56 Å². The number of hydrogen-bond acceptors (Lipinski definition) is 3. The lowest BCUT2D eigenvalue weighted by Gasteiger charge is -2.17. The second-order valence-corrected chi connectivity index (χ2v) is 7.20. The van der Waals surface area contributed by atoms with Crippen LogP contribution in [-0.2, 0) is 16.4 Å². The number of sulfonamides is 1. The second kappa shape index (κ2) is 6.50. The highest BCUT2D eigenvalue weighted by molar-refractivity contribution is 7.90. The maximum atomic E-state index is 12.1. The highest BCUT2D eigenvalue weighted by Gasteiger charge is 2.29. The molecule has 0 aliphatic carbocycles. The normalized spacial score (nSPS) is 21.4. The number of nitrogens with one attached hydrogen (secondary N) is 2. The summed E-state index contributed by atoms with van der Waals surface area (Å²) in [6.07, 6.45) is 2.43. The van der Waals surface area contributed by atoms with E-state index in [1.54, 1.807) is 0 Å². The van der Waals surface area contributed by atoms with Crippen molar-refractivity contribution in [1.29, 1.82) is 0 Å². The maximum Gasteiger partial charge on any atom is 0.216 e. The average Bonchev–Trinajstić information content (AvgIpc) is 2.92. The third-order valence-corrected chi connectivity index (χ3v) is 5.54. The molecule has 1 fully saturated rings. The van der Waals surface area contributed by atoms with Gasteiger partial charge in [0.05, 0.1) is 5.25 Å². The average molecular weight is 282 g/mol. The number of aryl methyl sites for hydroxylation is 1. The van der Waals surface area contributed by atoms with Crippen molar-refractivity contribution in [2.45, 2.75) is 37.5 Å². The highest BCUT2D eigenvalue weighted by atomic mass is 32.2. The Morgan fingerprint density at radius 1 is 1.37 bits per heavy atom. The summed E-state index contributed by atoms with van der Waals surface area (Å²) in [5, 5.41) is 2.82. The molecule has 4 nitrogen and oxygen atoms in total. The van der Waals surface area contributed by atoms with Gasteiger partial charge in [0.25, 0.3) is 0 Å². The summed E-state index contributed by atoms with van der Waals surface area (Å²) in [4.78, 5) is 0. The van der Waals surface area contributed by atoms with Crippen LogP contribution in [0.15, 0.2) is 30.3 Å². The molecule has 1 heterocycles. The van der Waals surface area contributed by atoms with Crippen LogP contribution in [0.25, 0.3) is 0 Å². The Morgan fingerprint density at radius 3 is 2.74 bits per heavy atom. The fraction of sp³-hybridized carbons (Fsp3) is 0.571. The molecule has 2 rings (SSSR count). The summed E-state index contributed by atoms with van der Waals surface area (Å²) in [5.41, 5.74) is 1.25. The second-order valence-electron chi connectivity index (χ2n) is 5.20. The molecule has 1 aromatic rings. The van der Waals surface area contributed by atoms with Gasteiger partial charge in [-0.2, -0.15) is 0 Å². The first-order chi connectivity index (χ1) is 9.08. The number of rotatable bonds is 6. The fourth-order valence-electron chi connectivity index (χ4n) is 2.36. The summed E-state index contributed by atoms with van der Waals surface area (Å²) >= 11 is 0. The molecule has 5 heteroatoms. The van der Waals surface area contributed by atoms with Crippen LogP contribution in [0.1, 0.15) is 25.3 Å². The van der Waals surface area contributed by atoms with Crippen molar-refractivity contribution >= 4 is 10.0 Å². The Labute approximate surface area is 115 Å². The van der Waals surface area contributed by atoms with Crippen molar-refractivity contribution in [1.82, 2.24) is 10.0 Å². The largest absolute Gasteiger partial charge is 0.315 e. The topological polar surface area (TPSA) is 58.2 Å². The zero-order valence-electron chi connectivity index (χ0n) is 11.3. The van der Waals surface area contributed by atoms with Crippen molar-refractivity contribution in [3.05, 3.63) is 35.9 Å². The van der Waals surface area contributed by atoms with E-state index in [0.29, 0.717) is 13.0 Å². The standard InChI is InChI=1S/C14H22N2O2S/c1-12(7-8-13-5-3-2-4-6-13)16-19(17,18)14-9-10-15-11-14/h2-6,12,14-16H,7-11H2,1H3. The molecule has 0 bridgehead atoms. The Kier molecular flexibility index (Phi) is 4.96. The SMILES string of the molecule is CC(CCc1ccccc1)NS(=O)(=O)C1CCNC1. The third-order valence-electron chi connectivity index (χ3n) is 3.53. The van der Waals surface area contributed by atoms with Crippen LogP contribution in [0.3, 0.4) is 0 Å². The van der Waals surface area contributed by atoms with Crippen LogP contribution >= 0.6 is 0 Å². The van der Waals surface area contributed by atoms with Crippen LogP contribution in [0, 0.1) is 0 Å². The van der Waals surface area contributed by atoms with E-state index in [9.17, 15) is 8.42 Å². The van der Waals surface area contributed by atoms with Crippen LogP contribution in [0.5, 0.6) is 0 Å². The molecule has 0 spiro atoms. The fourth-order valence-corrected chi connectivity index (χ4v) is 3.99. The lowest BCUT2D eigenvalue weighted by atomic mass is 10.1. The van der Waals surface area contributed by atoms with Gasteiger partial charge in [-0.1, -0.05) is 30.3 Å². The molecule has 0 radical (unpaired) electrons. The van der Waals surface area contributed by atoms with Gasteiger partial charge in [0.1, 0.15) is 0 Å². The molecule has 1 aliphatic rings. The first-order valence-corrected chi connectivity index (χ1v) is 8.38. The molecular weight excluding hydrogens is 260 g/mol. The van der Waals surface area contributed by atoms with Gasteiger partial charge in [-0.3, -0.25) is 0 Å². The molecular formula is C14H22N2O2S. The minimum atomic E-state index is -3.18. The summed E-state index contributed by atoms with van der Waals surface area (Å²) < 4.78 is 27.0. The van der Waals surface area contributed by atoms with Crippen LogP contribution in [0.2, 0.25) is 0 Å². The summed E-state index contributed by atoms with van der Waals surface area (Å²) in [5.74, 6) is 0. The molecule has 1 saturated heterocycles. The van der Waals surface area contributed by atoms with E-state index in [0.717, 1.165) is 19.4 Å². The quantitative estimate of drug-likeness (QED) is 0.826. The maximum absolute atomic E-state index is 12.1. The van der Waals surface area contributed by atoms with Crippen LogP contribution < -0.4 is 10.0 Å². The van der Waals surface area contributed by atoms with Crippen molar-refractivity contribution < 1.29 is 8.42 Å². The number of hydrogen-bond donors (Lipinski definition) is 2. The Hall–Kier alpha value is -0.910. The molecule has 0 aromatic heterocycles. The van der Waals surface area contributed by atoms with Crippen molar-refractivity contribution in [2.24, 2.45) is 0 Å². The van der Waals surface area contributed by atoms with E-state index >= 15 is 0 Å². The van der Waals surface area contributed by atoms with Crippen molar-refractivity contribution in [3.63, 3.8) is 0 Å². The molecule has 19 heavy (non-hydrogen) atoms. The molecule has 1 aromatic carbocycles. The monoisotopic (exact) mass is 282 g/mol. The Morgan fingerprint density at radius 2 is 2.11 bits per heavy atom. The molecule has 2 atom stereocenters. The van der Waals surface area contributed by atoms with Gasteiger partial charge in [-0.25, -0.2) is 13.1 Å². The summed E-state index contributed by atoms with van der Waals surface area (Å²) in [6, 6.07) is 10.1. The summed E-state index contributed by atoms with van der Waals surface area (Å²) in [6.45, 7) is 3.30. The molecule has 0 saturated carbocycles. The predicted molar refractivity (Wildman–Crippen MR) is 77.6 cm³/mol. The third kappa shape index (κ3) is 4.30. The van der Waals surface area contributed by atoms with Crippen molar-refractivity contribution in [3.8, 4) is 0 Å². The molecule has 2 N–H and O–H groups in total. The van der Waals surface area contributed by atoms with Gasteiger partial charge in [0.15, 0.2) is 0 Å². The van der Waals surface area contributed by atoms with E-state index in [4.69, 9.17) is 0 Å². The van der Waals surface area contributed by atoms with E-state index < -0.39 is 10.0 Å². The molecule has 0 amide bonds. The van der Waals surface area contributed by atoms with Crippen LogP contribution in [0.4, 0.5) is 0 Å². The first-order valence-electron chi connectivity index (χ1n) is 6.84. The van der Waals surface area contributed by atoms with Gasteiger partial charge >= 0.3 is 0 Å². The highest BCUT2D eigenvalue weighted by Crippen LogP contribution is 2.11. The lowest BCUT2D eigenvalue weighted by molar-refractivity contribution is 0.536. The van der Waals surface area contributed by atoms with E-state index in [1.807, 2.05) is 25.1 Å². The molecule has 106 valence electrons. The zero-order chi connectivity index (χ0) is 13.7. The predicted octanol–water partition coefficient (Wildman–Crippen LogP) is 1.29. The summed E-state index contributed by atoms with van der Waals surface area (Å²) in [7, 11) is -3.18. The zero-order valence-corrected chi connectivity index (χ0v) is 12.1. The Balaban J connectivity index is 1.82. The lowest BCUT2D eigenvalue weighted by Crippen LogP contribution is -2.40. The molecule has 1 aliphatic heterocycles. The van der Waals surface area contributed by atoms with Gasteiger partial charge in [-0.15, -0.1) is 0 Å². The molecule has 2 unspecified atom stereocenters. The minimum absolute atomic E-state index is 0.0224. The van der Waals surface area contributed by atoms with E-state index in [-0.39, 0.29) is 11.3 Å². The van der Waals surface area contributed by atoms with Gasteiger partial charge in [0, 0.05) is 12.6 Å². The van der Waals surface area contributed by atoms with Gasteiger partial charge in [-0.05, 0) is 38.3 Å². The van der Waals surface area contributed by atoms with E-state index in [2.05, 4.69) is 22.2 Å². The smallest absolute Gasteiger partial charge is 0.216 e. The van der Waals surface area contributed by atoms with Crippen molar-refractivity contribution in [2.75, 3.05) is 13.1 Å². The van der Waals surface area contributed by atoms with Gasteiger partial charge in [0.2, 0.25) is 10.0 Å². The Bertz CT molecular complexity index is 481. The number of benzene rings is 1.